The summed E-state index contributed by atoms with van der Waals surface area (Å²) >= 11 is 0. The Morgan fingerprint density at radius 3 is 2.56 bits per heavy atom. The molecule has 0 amide bonds. The van der Waals surface area contributed by atoms with Crippen molar-refractivity contribution in [3.63, 3.8) is 0 Å². The van der Waals surface area contributed by atoms with Gasteiger partial charge in [0.15, 0.2) is 0 Å². The largest absolute Gasteiger partial charge is 0.313 e. The van der Waals surface area contributed by atoms with Crippen LogP contribution in [0.1, 0.15) is 44.6 Å². The lowest BCUT2D eigenvalue weighted by molar-refractivity contribution is 0.210. The van der Waals surface area contributed by atoms with E-state index in [0.717, 1.165) is 13.1 Å². The summed E-state index contributed by atoms with van der Waals surface area (Å²) in [6.45, 7) is 4.57. The van der Waals surface area contributed by atoms with E-state index in [1.807, 2.05) is 0 Å². The van der Waals surface area contributed by atoms with Crippen LogP contribution in [0.2, 0.25) is 0 Å². The van der Waals surface area contributed by atoms with Gasteiger partial charge in [0.1, 0.15) is 0 Å². The number of rotatable bonds is 5. The molecule has 0 atom stereocenters. The second-order valence-electron chi connectivity index (χ2n) is 5.82. The Morgan fingerprint density at radius 2 is 1.83 bits per heavy atom. The van der Waals surface area contributed by atoms with Gasteiger partial charge in [-0.25, -0.2) is 0 Å². The van der Waals surface area contributed by atoms with Crippen molar-refractivity contribution in [2.24, 2.45) is 5.41 Å². The van der Waals surface area contributed by atoms with Crippen LogP contribution in [0.4, 0.5) is 0 Å². The van der Waals surface area contributed by atoms with Gasteiger partial charge in [0.05, 0.1) is 0 Å². The number of benzene rings is 1. The molecule has 0 radical (unpaired) electrons. The summed E-state index contributed by atoms with van der Waals surface area (Å²) in [5.74, 6) is 0. The summed E-state index contributed by atoms with van der Waals surface area (Å²) in [7, 11) is 0. The van der Waals surface area contributed by atoms with Gasteiger partial charge in [-0.15, -0.1) is 0 Å². The average molecular weight is 243 g/mol. The van der Waals surface area contributed by atoms with Gasteiger partial charge in [0, 0.05) is 13.1 Å². The van der Waals surface area contributed by atoms with Crippen LogP contribution < -0.4 is 5.32 Å². The molecule has 1 aliphatic rings. The minimum atomic E-state index is 0.541. The molecule has 1 saturated carbocycles. The Kier molecular flexibility index (Phi) is 5.00. The highest BCUT2D eigenvalue weighted by atomic mass is 14.9. The van der Waals surface area contributed by atoms with Gasteiger partial charge in [-0.3, -0.25) is 0 Å². The number of hydrogen-bond acceptors (Lipinski definition) is 1. The highest BCUT2D eigenvalue weighted by molar-refractivity contribution is 5.48. The highest BCUT2D eigenvalue weighted by Crippen LogP contribution is 2.34. The van der Waals surface area contributed by atoms with E-state index in [2.05, 4.69) is 54.7 Å². The van der Waals surface area contributed by atoms with Crippen molar-refractivity contribution in [3.05, 3.63) is 42.0 Å². The van der Waals surface area contributed by atoms with Gasteiger partial charge in [-0.2, -0.15) is 0 Å². The zero-order valence-electron chi connectivity index (χ0n) is 11.5. The molecule has 0 bridgehead atoms. The summed E-state index contributed by atoms with van der Waals surface area (Å²) in [5.41, 5.74) is 1.82. The number of nitrogens with one attached hydrogen (secondary N) is 1. The summed E-state index contributed by atoms with van der Waals surface area (Å²) < 4.78 is 0. The van der Waals surface area contributed by atoms with E-state index in [4.69, 9.17) is 0 Å². The minimum absolute atomic E-state index is 0.541. The molecule has 98 valence electrons. The van der Waals surface area contributed by atoms with Crippen LogP contribution in [-0.4, -0.2) is 13.1 Å². The Morgan fingerprint density at radius 1 is 1.11 bits per heavy atom. The van der Waals surface area contributed by atoms with E-state index in [0.29, 0.717) is 5.41 Å². The SMILES string of the molecule is CC1(CNC/C=C/c2ccccc2)CCCCC1. The van der Waals surface area contributed by atoms with Crippen LogP contribution in [0.25, 0.3) is 6.08 Å². The topological polar surface area (TPSA) is 12.0 Å². The average Bonchev–Trinajstić information content (AvgIpc) is 2.40. The monoisotopic (exact) mass is 243 g/mol. The van der Waals surface area contributed by atoms with E-state index in [1.54, 1.807) is 0 Å². The van der Waals surface area contributed by atoms with E-state index in [1.165, 1.54) is 37.7 Å². The van der Waals surface area contributed by atoms with Crippen molar-refractivity contribution < 1.29 is 0 Å². The van der Waals surface area contributed by atoms with Crippen LogP contribution in [0.5, 0.6) is 0 Å². The molecule has 1 nitrogen and oxygen atoms in total. The van der Waals surface area contributed by atoms with Crippen LogP contribution >= 0.6 is 0 Å². The zero-order chi connectivity index (χ0) is 12.7. The third-order valence-corrected chi connectivity index (χ3v) is 3.98. The first-order chi connectivity index (χ1) is 8.79. The molecule has 18 heavy (non-hydrogen) atoms. The van der Waals surface area contributed by atoms with E-state index in [9.17, 15) is 0 Å². The molecule has 0 aromatic heterocycles. The van der Waals surface area contributed by atoms with Crippen LogP contribution in [0, 0.1) is 5.41 Å². The maximum Gasteiger partial charge on any atom is 0.0138 e. The highest BCUT2D eigenvalue weighted by Gasteiger charge is 2.25. The fraction of sp³-hybridized carbons (Fsp3) is 0.529. The van der Waals surface area contributed by atoms with Gasteiger partial charge in [0.2, 0.25) is 0 Å². The summed E-state index contributed by atoms with van der Waals surface area (Å²) in [6.07, 6.45) is 11.5. The third-order valence-electron chi connectivity index (χ3n) is 3.98. The van der Waals surface area contributed by atoms with E-state index < -0.39 is 0 Å². The minimum Gasteiger partial charge on any atom is -0.313 e. The van der Waals surface area contributed by atoms with Gasteiger partial charge < -0.3 is 5.32 Å². The lowest BCUT2D eigenvalue weighted by Gasteiger charge is -2.33. The van der Waals surface area contributed by atoms with Crippen molar-refractivity contribution in [1.29, 1.82) is 0 Å². The van der Waals surface area contributed by atoms with Gasteiger partial charge in [0.25, 0.3) is 0 Å². The van der Waals surface area contributed by atoms with Crippen LogP contribution in [0.15, 0.2) is 36.4 Å². The summed E-state index contributed by atoms with van der Waals surface area (Å²) in [6, 6.07) is 10.5. The smallest absolute Gasteiger partial charge is 0.0138 e. The molecule has 0 saturated heterocycles. The van der Waals surface area contributed by atoms with Gasteiger partial charge >= 0.3 is 0 Å². The first-order valence-electron chi connectivity index (χ1n) is 7.21. The third kappa shape index (κ3) is 4.30. The maximum absolute atomic E-state index is 3.58. The Labute approximate surface area is 111 Å². The lowest BCUT2D eigenvalue weighted by atomic mass is 9.76. The van der Waals surface area contributed by atoms with Crippen molar-refractivity contribution in [2.75, 3.05) is 13.1 Å². The van der Waals surface area contributed by atoms with E-state index >= 15 is 0 Å². The fourth-order valence-corrected chi connectivity index (χ4v) is 2.80. The Balaban J connectivity index is 1.68. The summed E-state index contributed by atoms with van der Waals surface area (Å²) in [4.78, 5) is 0. The van der Waals surface area contributed by atoms with Crippen molar-refractivity contribution in [1.82, 2.24) is 5.32 Å². The molecule has 1 aromatic rings. The number of hydrogen-bond donors (Lipinski definition) is 1. The van der Waals surface area contributed by atoms with Crippen molar-refractivity contribution in [3.8, 4) is 0 Å². The molecule has 2 rings (SSSR count). The zero-order valence-corrected chi connectivity index (χ0v) is 11.5. The van der Waals surface area contributed by atoms with E-state index in [-0.39, 0.29) is 0 Å². The molecule has 0 aliphatic heterocycles. The van der Waals surface area contributed by atoms with Crippen LogP contribution in [-0.2, 0) is 0 Å². The predicted octanol–water partition coefficient (Wildman–Crippen LogP) is 4.26. The maximum atomic E-state index is 3.58. The quantitative estimate of drug-likeness (QED) is 0.762. The molecule has 1 heteroatoms. The first-order valence-corrected chi connectivity index (χ1v) is 7.21. The molecule has 0 spiro atoms. The molecule has 1 aliphatic carbocycles. The molecule has 0 unspecified atom stereocenters. The Bertz CT molecular complexity index is 360. The molecular weight excluding hydrogens is 218 g/mol. The Hall–Kier alpha value is -1.08. The molecule has 1 aromatic carbocycles. The molecular formula is C17H25N. The fourth-order valence-electron chi connectivity index (χ4n) is 2.80. The molecule has 1 N–H and O–H groups in total. The lowest BCUT2D eigenvalue weighted by Crippen LogP contribution is -2.33. The van der Waals surface area contributed by atoms with Gasteiger partial charge in [-0.1, -0.05) is 68.7 Å². The van der Waals surface area contributed by atoms with Crippen molar-refractivity contribution >= 4 is 6.08 Å². The molecule has 0 heterocycles. The second-order valence-corrected chi connectivity index (χ2v) is 5.82. The standard InChI is InChI=1S/C17H25N/c1-17(12-6-3-7-13-17)15-18-14-8-11-16-9-4-2-5-10-16/h2,4-5,8-11,18H,3,6-7,12-15H2,1H3/b11-8+. The summed E-state index contributed by atoms with van der Waals surface area (Å²) in [5, 5.41) is 3.58. The predicted molar refractivity (Wildman–Crippen MR) is 79.5 cm³/mol. The first kappa shape index (κ1) is 13.4. The molecule has 1 fully saturated rings. The van der Waals surface area contributed by atoms with Crippen molar-refractivity contribution in [2.45, 2.75) is 39.0 Å². The second kappa shape index (κ2) is 6.75. The normalized spacial score (nSPS) is 19.2. The van der Waals surface area contributed by atoms with Crippen LogP contribution in [0.3, 0.4) is 0 Å². The van der Waals surface area contributed by atoms with Gasteiger partial charge in [-0.05, 0) is 23.8 Å².